The van der Waals surface area contributed by atoms with Gasteiger partial charge < -0.3 is 19.5 Å². The Labute approximate surface area is 195 Å². The molecule has 1 N–H and O–H groups in total. The largest absolute Gasteiger partial charge is 0.376 e. The van der Waals surface area contributed by atoms with Crippen molar-refractivity contribution in [1.29, 1.82) is 0 Å². The van der Waals surface area contributed by atoms with Crippen molar-refractivity contribution in [2.24, 2.45) is 0 Å². The standard InChI is InChI=1S/C23H30N4O3S2/c28-32(29,16-17-5-2-1-3-6-17)23-24-13-20(27(23)19-10-11-19)14-26(15-21-7-4-12-30-21)22(31)25-18-8-9-18/h1-3,5-6,13,18-19,21H,4,7-12,14-16H2,(H,25,31). The molecule has 1 atom stereocenters. The highest BCUT2D eigenvalue weighted by molar-refractivity contribution is 7.90. The third-order valence-corrected chi connectivity index (χ3v) is 8.17. The quantitative estimate of drug-likeness (QED) is 0.559. The van der Waals surface area contributed by atoms with Crippen molar-refractivity contribution >= 4 is 27.2 Å². The maximum Gasteiger partial charge on any atom is 0.228 e. The lowest BCUT2D eigenvalue weighted by molar-refractivity contribution is 0.0892. The predicted molar refractivity (Wildman–Crippen MR) is 126 cm³/mol. The molecule has 3 aliphatic rings. The van der Waals surface area contributed by atoms with Crippen molar-refractivity contribution in [2.45, 2.75) is 74.2 Å². The van der Waals surface area contributed by atoms with E-state index in [1.165, 1.54) is 0 Å². The Bertz CT molecular complexity index is 1060. The second-order valence-corrected chi connectivity index (χ2v) is 11.4. The Morgan fingerprint density at radius 2 is 1.97 bits per heavy atom. The zero-order valence-electron chi connectivity index (χ0n) is 18.2. The number of thiocarbonyl (C=S) groups is 1. The van der Waals surface area contributed by atoms with Crippen LogP contribution in [0.15, 0.2) is 41.7 Å². The molecule has 1 saturated heterocycles. The molecule has 0 amide bonds. The molecule has 1 unspecified atom stereocenters. The van der Waals surface area contributed by atoms with E-state index in [1.54, 1.807) is 6.20 Å². The molecule has 5 rings (SSSR count). The van der Waals surface area contributed by atoms with Gasteiger partial charge in [-0.2, -0.15) is 0 Å². The number of nitrogens with one attached hydrogen (secondary N) is 1. The molecule has 1 aromatic heterocycles. The van der Waals surface area contributed by atoms with Gasteiger partial charge in [0.15, 0.2) is 5.11 Å². The summed E-state index contributed by atoms with van der Waals surface area (Å²) in [6.45, 7) is 2.03. The Morgan fingerprint density at radius 3 is 2.62 bits per heavy atom. The lowest BCUT2D eigenvalue weighted by atomic mass is 10.2. The summed E-state index contributed by atoms with van der Waals surface area (Å²) in [5, 5.41) is 4.34. The first-order valence-corrected chi connectivity index (χ1v) is 13.6. The Hall–Kier alpha value is -1.97. The fraction of sp³-hybridized carbons (Fsp3) is 0.565. The second kappa shape index (κ2) is 9.11. The molecule has 2 saturated carbocycles. The first-order chi connectivity index (χ1) is 15.5. The normalized spacial score (nSPS) is 20.9. The zero-order chi connectivity index (χ0) is 22.1. The molecule has 9 heteroatoms. The van der Waals surface area contributed by atoms with Crippen LogP contribution in [0.4, 0.5) is 0 Å². The van der Waals surface area contributed by atoms with E-state index in [0.717, 1.165) is 61.5 Å². The van der Waals surface area contributed by atoms with Crippen LogP contribution in [0.2, 0.25) is 0 Å². The van der Waals surface area contributed by atoms with Crippen LogP contribution in [0.5, 0.6) is 0 Å². The van der Waals surface area contributed by atoms with Crippen molar-refractivity contribution in [2.75, 3.05) is 13.2 Å². The molecule has 1 aliphatic heterocycles. The molecule has 0 radical (unpaired) electrons. The Kier molecular flexibility index (Phi) is 6.22. The average molecular weight is 475 g/mol. The lowest BCUT2D eigenvalue weighted by Gasteiger charge is -2.28. The topological polar surface area (TPSA) is 76.5 Å². The lowest BCUT2D eigenvalue weighted by Crippen LogP contribution is -2.44. The highest BCUT2D eigenvalue weighted by Crippen LogP contribution is 2.39. The van der Waals surface area contributed by atoms with Crippen LogP contribution in [0.25, 0.3) is 0 Å². The fourth-order valence-electron chi connectivity index (χ4n) is 4.25. The van der Waals surface area contributed by atoms with Gasteiger partial charge >= 0.3 is 0 Å². The zero-order valence-corrected chi connectivity index (χ0v) is 19.8. The Morgan fingerprint density at radius 1 is 1.19 bits per heavy atom. The molecule has 3 fully saturated rings. The van der Waals surface area contributed by atoms with Crippen molar-refractivity contribution in [1.82, 2.24) is 19.8 Å². The summed E-state index contributed by atoms with van der Waals surface area (Å²) in [6.07, 6.45) is 8.24. The summed E-state index contributed by atoms with van der Waals surface area (Å²) in [7, 11) is -3.56. The van der Waals surface area contributed by atoms with E-state index in [4.69, 9.17) is 17.0 Å². The molecule has 1 aromatic carbocycles. The van der Waals surface area contributed by atoms with E-state index in [9.17, 15) is 8.42 Å². The maximum atomic E-state index is 13.3. The van der Waals surface area contributed by atoms with Gasteiger partial charge in [0.1, 0.15) is 0 Å². The van der Waals surface area contributed by atoms with Gasteiger partial charge in [-0.1, -0.05) is 30.3 Å². The SMILES string of the molecule is O=S(=O)(Cc1ccccc1)c1ncc(CN(CC2CCCO2)C(=S)NC2CC2)n1C1CC1. The molecule has 2 aliphatic carbocycles. The monoisotopic (exact) mass is 474 g/mol. The van der Waals surface area contributed by atoms with Crippen molar-refractivity contribution in [3.05, 3.63) is 47.8 Å². The van der Waals surface area contributed by atoms with Crippen molar-refractivity contribution < 1.29 is 13.2 Å². The second-order valence-electron chi connectivity index (χ2n) is 9.12. The molecular weight excluding hydrogens is 444 g/mol. The number of hydrogen-bond donors (Lipinski definition) is 1. The molecule has 32 heavy (non-hydrogen) atoms. The first-order valence-electron chi connectivity index (χ1n) is 11.5. The highest BCUT2D eigenvalue weighted by atomic mass is 32.2. The van der Waals surface area contributed by atoms with Crippen LogP contribution < -0.4 is 5.32 Å². The maximum absolute atomic E-state index is 13.3. The van der Waals surface area contributed by atoms with E-state index >= 15 is 0 Å². The van der Waals surface area contributed by atoms with Crippen LogP contribution in [-0.4, -0.2) is 53.3 Å². The van der Waals surface area contributed by atoms with E-state index in [2.05, 4.69) is 15.2 Å². The van der Waals surface area contributed by atoms with E-state index in [-0.39, 0.29) is 23.1 Å². The fourth-order valence-corrected chi connectivity index (χ4v) is 6.09. The average Bonchev–Trinajstić information content (AvgIpc) is 3.68. The van der Waals surface area contributed by atoms with Gasteiger partial charge in [0.25, 0.3) is 0 Å². The minimum Gasteiger partial charge on any atom is -0.376 e. The summed E-state index contributed by atoms with van der Waals surface area (Å²) < 4.78 is 34.3. The number of sulfone groups is 1. The number of hydrogen-bond acceptors (Lipinski definition) is 5. The highest BCUT2D eigenvalue weighted by Gasteiger charge is 2.34. The van der Waals surface area contributed by atoms with Gasteiger partial charge in [-0.3, -0.25) is 0 Å². The van der Waals surface area contributed by atoms with Crippen LogP contribution >= 0.6 is 12.2 Å². The van der Waals surface area contributed by atoms with E-state index in [0.29, 0.717) is 19.1 Å². The van der Waals surface area contributed by atoms with Gasteiger partial charge in [0.05, 0.1) is 30.3 Å². The predicted octanol–water partition coefficient (Wildman–Crippen LogP) is 3.21. The molecule has 172 valence electrons. The van der Waals surface area contributed by atoms with E-state index < -0.39 is 9.84 Å². The molecule has 2 aromatic rings. The smallest absolute Gasteiger partial charge is 0.228 e. The number of rotatable bonds is 9. The van der Waals surface area contributed by atoms with Gasteiger partial charge in [-0.15, -0.1) is 0 Å². The first kappa shape index (κ1) is 21.9. The van der Waals surface area contributed by atoms with Crippen molar-refractivity contribution in [3.63, 3.8) is 0 Å². The van der Waals surface area contributed by atoms with Crippen molar-refractivity contribution in [3.8, 4) is 0 Å². The summed E-state index contributed by atoms with van der Waals surface area (Å²) >= 11 is 5.73. The minimum absolute atomic E-state index is 0.0434. The van der Waals surface area contributed by atoms with Gasteiger partial charge in [-0.25, -0.2) is 13.4 Å². The van der Waals surface area contributed by atoms with E-state index in [1.807, 2.05) is 34.9 Å². The summed E-state index contributed by atoms with van der Waals surface area (Å²) in [5.41, 5.74) is 1.67. The minimum atomic E-state index is -3.56. The summed E-state index contributed by atoms with van der Waals surface area (Å²) in [4.78, 5) is 6.55. The van der Waals surface area contributed by atoms with Crippen LogP contribution in [0.3, 0.4) is 0 Å². The summed E-state index contributed by atoms with van der Waals surface area (Å²) in [6, 6.07) is 9.95. The molecular formula is C23H30N4O3S2. The Balaban J connectivity index is 1.39. The van der Waals surface area contributed by atoms with Gasteiger partial charge in [0.2, 0.25) is 15.0 Å². The summed E-state index contributed by atoms with van der Waals surface area (Å²) in [5.74, 6) is -0.0434. The molecule has 0 spiro atoms. The number of imidazole rings is 1. The number of nitrogens with zero attached hydrogens (tertiary/aromatic N) is 3. The van der Waals surface area contributed by atoms with Gasteiger partial charge in [-0.05, 0) is 56.3 Å². The van der Waals surface area contributed by atoms with Crippen LogP contribution in [0, 0.1) is 0 Å². The third-order valence-electron chi connectivity index (χ3n) is 6.22. The number of ether oxygens (including phenoxy) is 1. The number of benzene rings is 1. The molecule has 7 nitrogen and oxygen atoms in total. The van der Waals surface area contributed by atoms with Crippen LogP contribution in [-0.2, 0) is 26.9 Å². The van der Waals surface area contributed by atoms with Gasteiger partial charge in [0, 0.05) is 25.2 Å². The van der Waals surface area contributed by atoms with Crippen LogP contribution in [0.1, 0.15) is 55.8 Å². The molecule has 2 heterocycles. The number of aromatic nitrogens is 2. The molecule has 0 bridgehead atoms. The third kappa shape index (κ3) is 5.15.